The Kier molecular flexibility index (Phi) is 5.43. The second kappa shape index (κ2) is 7.92. The molecule has 6 nitrogen and oxygen atoms in total. The van der Waals surface area contributed by atoms with Crippen molar-refractivity contribution < 1.29 is 4.79 Å². The van der Waals surface area contributed by atoms with Crippen LogP contribution in [0, 0.1) is 0 Å². The summed E-state index contributed by atoms with van der Waals surface area (Å²) in [4.78, 5) is 17.4. The summed E-state index contributed by atoms with van der Waals surface area (Å²) in [5.41, 5.74) is 0. The maximum atomic E-state index is 12.2. The first-order valence-electron chi connectivity index (χ1n) is 8.09. The van der Waals surface area contributed by atoms with Crippen LogP contribution in [0.2, 0.25) is 0 Å². The minimum Gasteiger partial charge on any atom is -0.369 e. The van der Waals surface area contributed by atoms with Crippen LogP contribution in [0.15, 0.2) is 35.7 Å². The second-order valence-corrected chi connectivity index (χ2v) is 6.45. The molecule has 0 unspecified atom stereocenters. The van der Waals surface area contributed by atoms with E-state index in [9.17, 15) is 4.79 Å². The maximum absolute atomic E-state index is 12.2. The molecule has 0 radical (unpaired) electrons. The maximum Gasteiger partial charge on any atom is 0.246 e. The van der Waals surface area contributed by atoms with E-state index in [0.717, 1.165) is 36.1 Å². The van der Waals surface area contributed by atoms with Gasteiger partial charge in [-0.15, -0.1) is 21.5 Å². The van der Waals surface area contributed by atoms with Gasteiger partial charge in [0.05, 0.1) is 0 Å². The van der Waals surface area contributed by atoms with E-state index in [-0.39, 0.29) is 5.91 Å². The van der Waals surface area contributed by atoms with Crippen LogP contribution >= 0.6 is 11.3 Å². The van der Waals surface area contributed by atoms with Gasteiger partial charge >= 0.3 is 0 Å². The van der Waals surface area contributed by atoms with Crippen molar-refractivity contribution in [2.75, 3.05) is 42.9 Å². The van der Waals surface area contributed by atoms with Crippen molar-refractivity contribution in [3.05, 3.63) is 40.6 Å². The average molecular weight is 343 g/mol. The molecule has 0 aliphatic carbocycles. The highest BCUT2D eigenvalue weighted by Gasteiger charge is 2.20. The molecule has 3 heterocycles. The SMILES string of the molecule is CCNc1ccc(N2CCN(C(=O)/C=C/c3cccs3)CC2)nn1. The molecule has 0 saturated carbocycles. The molecule has 1 amide bonds. The molecule has 7 heteroatoms. The molecule has 0 atom stereocenters. The van der Waals surface area contributed by atoms with Crippen LogP contribution in [0.3, 0.4) is 0 Å². The molecule has 1 aliphatic rings. The first-order valence-corrected chi connectivity index (χ1v) is 8.97. The van der Waals surface area contributed by atoms with Crippen LogP contribution in [0.1, 0.15) is 11.8 Å². The smallest absolute Gasteiger partial charge is 0.246 e. The summed E-state index contributed by atoms with van der Waals surface area (Å²) in [5, 5.41) is 13.6. The van der Waals surface area contributed by atoms with E-state index in [0.29, 0.717) is 13.1 Å². The molecule has 2 aromatic heterocycles. The van der Waals surface area contributed by atoms with Crippen molar-refractivity contribution in [1.29, 1.82) is 0 Å². The molecule has 3 rings (SSSR count). The van der Waals surface area contributed by atoms with Gasteiger partial charge in [0, 0.05) is 43.7 Å². The number of thiophene rings is 1. The summed E-state index contributed by atoms with van der Waals surface area (Å²) < 4.78 is 0. The summed E-state index contributed by atoms with van der Waals surface area (Å²) in [6, 6.07) is 7.89. The zero-order chi connectivity index (χ0) is 16.8. The van der Waals surface area contributed by atoms with Crippen LogP contribution < -0.4 is 10.2 Å². The van der Waals surface area contributed by atoms with E-state index in [1.807, 2.05) is 47.5 Å². The molecule has 24 heavy (non-hydrogen) atoms. The van der Waals surface area contributed by atoms with Crippen LogP contribution in [0.5, 0.6) is 0 Å². The van der Waals surface area contributed by atoms with Crippen molar-refractivity contribution in [1.82, 2.24) is 15.1 Å². The van der Waals surface area contributed by atoms with Gasteiger partial charge in [0.25, 0.3) is 0 Å². The molecule has 126 valence electrons. The van der Waals surface area contributed by atoms with E-state index in [2.05, 4.69) is 20.4 Å². The Balaban J connectivity index is 1.52. The third-order valence-corrected chi connectivity index (χ3v) is 4.69. The zero-order valence-corrected chi connectivity index (χ0v) is 14.5. The average Bonchev–Trinajstić information content (AvgIpc) is 3.14. The number of amides is 1. The van der Waals surface area contributed by atoms with E-state index in [1.54, 1.807) is 17.4 Å². The zero-order valence-electron chi connectivity index (χ0n) is 13.7. The number of nitrogens with one attached hydrogen (secondary N) is 1. The Morgan fingerprint density at radius 3 is 2.71 bits per heavy atom. The largest absolute Gasteiger partial charge is 0.369 e. The fraction of sp³-hybridized carbons (Fsp3) is 0.353. The number of piperazine rings is 1. The number of rotatable bonds is 5. The van der Waals surface area contributed by atoms with Crippen molar-refractivity contribution in [3.63, 3.8) is 0 Å². The summed E-state index contributed by atoms with van der Waals surface area (Å²) in [5.74, 6) is 1.71. The van der Waals surface area contributed by atoms with E-state index in [4.69, 9.17) is 0 Å². The lowest BCUT2D eigenvalue weighted by Gasteiger charge is -2.34. The van der Waals surface area contributed by atoms with Gasteiger partial charge in [-0.05, 0) is 36.6 Å². The molecule has 0 spiro atoms. The molecule has 1 saturated heterocycles. The predicted octanol–water partition coefficient (Wildman–Crippen LogP) is 2.33. The molecule has 2 aromatic rings. The highest BCUT2D eigenvalue weighted by Crippen LogP contribution is 2.15. The van der Waals surface area contributed by atoms with E-state index < -0.39 is 0 Å². The minimum absolute atomic E-state index is 0.0663. The van der Waals surface area contributed by atoms with Crippen LogP contribution in [0.4, 0.5) is 11.6 Å². The van der Waals surface area contributed by atoms with Gasteiger partial charge in [-0.25, -0.2) is 0 Å². The number of carbonyl (C=O) groups excluding carboxylic acids is 1. The van der Waals surface area contributed by atoms with Gasteiger partial charge < -0.3 is 15.1 Å². The van der Waals surface area contributed by atoms with Crippen LogP contribution in [-0.2, 0) is 4.79 Å². The Morgan fingerprint density at radius 1 is 1.25 bits per heavy atom. The molecular weight excluding hydrogens is 322 g/mol. The number of aromatic nitrogens is 2. The fourth-order valence-electron chi connectivity index (χ4n) is 2.57. The monoisotopic (exact) mass is 343 g/mol. The minimum atomic E-state index is 0.0663. The van der Waals surface area contributed by atoms with Gasteiger partial charge in [-0.3, -0.25) is 4.79 Å². The van der Waals surface area contributed by atoms with Gasteiger partial charge in [-0.1, -0.05) is 6.07 Å². The Morgan fingerprint density at radius 2 is 2.08 bits per heavy atom. The number of nitrogens with zero attached hydrogens (tertiary/aromatic N) is 4. The van der Waals surface area contributed by atoms with E-state index >= 15 is 0 Å². The lowest BCUT2D eigenvalue weighted by atomic mass is 10.3. The summed E-state index contributed by atoms with van der Waals surface area (Å²) >= 11 is 1.63. The fourth-order valence-corrected chi connectivity index (χ4v) is 3.19. The summed E-state index contributed by atoms with van der Waals surface area (Å²) in [7, 11) is 0. The van der Waals surface area contributed by atoms with Crippen LogP contribution in [0.25, 0.3) is 6.08 Å². The lowest BCUT2D eigenvalue weighted by molar-refractivity contribution is -0.126. The molecule has 1 fully saturated rings. The van der Waals surface area contributed by atoms with Gasteiger partial charge in [0.2, 0.25) is 5.91 Å². The van der Waals surface area contributed by atoms with Crippen molar-refractivity contribution in [3.8, 4) is 0 Å². The Hall–Kier alpha value is -2.41. The first-order chi connectivity index (χ1) is 11.8. The third-order valence-electron chi connectivity index (χ3n) is 3.86. The number of hydrogen-bond acceptors (Lipinski definition) is 6. The summed E-state index contributed by atoms with van der Waals surface area (Å²) in [6.45, 7) is 5.79. The quantitative estimate of drug-likeness (QED) is 0.845. The Labute approximate surface area is 145 Å². The Bertz CT molecular complexity index is 676. The molecular formula is C17H21N5OS. The van der Waals surface area contributed by atoms with Gasteiger partial charge in [0.15, 0.2) is 5.82 Å². The normalized spacial score (nSPS) is 15.0. The molecule has 1 N–H and O–H groups in total. The number of hydrogen-bond donors (Lipinski definition) is 1. The first kappa shape index (κ1) is 16.4. The van der Waals surface area contributed by atoms with Gasteiger partial charge in [-0.2, -0.15) is 0 Å². The second-order valence-electron chi connectivity index (χ2n) is 5.47. The predicted molar refractivity (Wildman–Crippen MR) is 98.3 cm³/mol. The number of anilines is 2. The number of carbonyl (C=O) groups is 1. The highest BCUT2D eigenvalue weighted by molar-refractivity contribution is 7.10. The topological polar surface area (TPSA) is 61.4 Å². The molecule has 1 aliphatic heterocycles. The van der Waals surface area contributed by atoms with Gasteiger partial charge in [0.1, 0.15) is 5.82 Å². The van der Waals surface area contributed by atoms with Crippen molar-refractivity contribution in [2.45, 2.75) is 6.92 Å². The summed E-state index contributed by atoms with van der Waals surface area (Å²) in [6.07, 6.45) is 3.54. The molecule has 0 bridgehead atoms. The standard InChI is InChI=1S/C17H21N5OS/c1-2-18-15-6-7-16(20-19-15)21-9-11-22(12-10-21)17(23)8-5-14-4-3-13-24-14/h3-8,13H,2,9-12H2,1H3,(H,18,19)/b8-5+. The van der Waals surface area contributed by atoms with Crippen molar-refractivity contribution in [2.24, 2.45) is 0 Å². The lowest BCUT2D eigenvalue weighted by Crippen LogP contribution is -2.48. The molecule has 0 aromatic carbocycles. The third kappa shape index (κ3) is 4.11. The van der Waals surface area contributed by atoms with E-state index in [1.165, 1.54) is 0 Å². The highest BCUT2D eigenvalue weighted by atomic mass is 32.1. The van der Waals surface area contributed by atoms with Crippen LogP contribution in [-0.4, -0.2) is 53.7 Å². The van der Waals surface area contributed by atoms with Crippen molar-refractivity contribution >= 4 is 35.0 Å².